The molecule has 0 radical (unpaired) electrons. The van der Waals surface area contributed by atoms with E-state index in [1.165, 1.54) is 0 Å². The summed E-state index contributed by atoms with van der Waals surface area (Å²) in [6.45, 7) is 2.24. The number of nitrogens with zero attached hydrogens (tertiary/aromatic N) is 2. The maximum absolute atomic E-state index is 5.97. The van der Waals surface area contributed by atoms with Crippen LogP contribution in [0, 0.1) is 0 Å². The highest BCUT2D eigenvalue weighted by atomic mass is 35.5. The fourth-order valence-electron chi connectivity index (χ4n) is 2.10. The van der Waals surface area contributed by atoms with E-state index in [1.54, 1.807) is 18.2 Å². The molecule has 1 aromatic heterocycles. The molecular formula is C13H13Cl2N3O2. The van der Waals surface area contributed by atoms with Gasteiger partial charge in [0.2, 0.25) is 11.7 Å². The quantitative estimate of drug-likeness (QED) is 0.943. The molecule has 2 heterocycles. The smallest absolute Gasteiger partial charge is 0.228 e. The van der Waals surface area contributed by atoms with E-state index in [0.717, 1.165) is 18.7 Å². The first-order chi connectivity index (χ1) is 9.70. The van der Waals surface area contributed by atoms with Crippen LogP contribution in [0.3, 0.4) is 0 Å². The standard InChI is InChI=1S/C13H13Cl2N3O2/c14-9-3-8(4-10(15)5-9)13-17-12(20-18-13)6-11-7-19-2-1-16-11/h3-5,11,16H,1-2,6-7H2. The van der Waals surface area contributed by atoms with Gasteiger partial charge in [-0.3, -0.25) is 0 Å². The van der Waals surface area contributed by atoms with Crippen molar-refractivity contribution in [2.75, 3.05) is 19.8 Å². The zero-order chi connectivity index (χ0) is 13.9. The van der Waals surface area contributed by atoms with Crippen molar-refractivity contribution in [1.82, 2.24) is 15.5 Å². The highest BCUT2D eigenvalue weighted by Crippen LogP contribution is 2.25. The van der Waals surface area contributed by atoms with Crippen molar-refractivity contribution in [3.63, 3.8) is 0 Å². The normalized spacial score (nSPS) is 19.2. The fourth-order valence-corrected chi connectivity index (χ4v) is 2.63. The maximum atomic E-state index is 5.97. The van der Waals surface area contributed by atoms with E-state index in [1.807, 2.05) is 0 Å². The lowest BCUT2D eigenvalue weighted by molar-refractivity contribution is 0.0744. The van der Waals surface area contributed by atoms with E-state index in [0.29, 0.717) is 34.8 Å². The third-order valence-electron chi connectivity index (χ3n) is 3.01. The van der Waals surface area contributed by atoms with Crippen LogP contribution in [0.5, 0.6) is 0 Å². The molecule has 2 aromatic rings. The molecule has 1 aromatic carbocycles. The summed E-state index contributed by atoms with van der Waals surface area (Å²) in [6, 6.07) is 5.38. The molecule has 0 spiro atoms. The number of halogens is 2. The third-order valence-corrected chi connectivity index (χ3v) is 3.44. The van der Waals surface area contributed by atoms with Crippen molar-refractivity contribution in [2.24, 2.45) is 0 Å². The molecule has 1 N–H and O–H groups in total. The molecule has 1 fully saturated rings. The molecule has 20 heavy (non-hydrogen) atoms. The van der Waals surface area contributed by atoms with Crippen LogP contribution in [0.4, 0.5) is 0 Å². The first-order valence-electron chi connectivity index (χ1n) is 6.31. The average Bonchev–Trinajstić information content (AvgIpc) is 2.87. The van der Waals surface area contributed by atoms with Crippen molar-refractivity contribution >= 4 is 23.2 Å². The van der Waals surface area contributed by atoms with Crippen LogP contribution in [-0.4, -0.2) is 35.9 Å². The highest BCUT2D eigenvalue weighted by Gasteiger charge is 2.18. The minimum atomic E-state index is 0.208. The highest BCUT2D eigenvalue weighted by molar-refractivity contribution is 6.35. The summed E-state index contributed by atoms with van der Waals surface area (Å²) >= 11 is 11.9. The van der Waals surface area contributed by atoms with Crippen LogP contribution in [0.2, 0.25) is 10.0 Å². The van der Waals surface area contributed by atoms with Crippen molar-refractivity contribution in [3.05, 3.63) is 34.1 Å². The molecule has 5 nitrogen and oxygen atoms in total. The first-order valence-corrected chi connectivity index (χ1v) is 7.06. The first kappa shape index (κ1) is 13.8. The number of ether oxygens (including phenoxy) is 1. The molecule has 1 saturated heterocycles. The maximum Gasteiger partial charge on any atom is 0.228 e. The Kier molecular flexibility index (Phi) is 4.21. The van der Waals surface area contributed by atoms with Gasteiger partial charge in [-0.25, -0.2) is 0 Å². The molecule has 0 bridgehead atoms. The Bertz CT molecular complexity index is 577. The summed E-state index contributed by atoms with van der Waals surface area (Å²) in [4.78, 5) is 4.37. The second-order valence-electron chi connectivity index (χ2n) is 4.60. The van der Waals surface area contributed by atoms with E-state index in [9.17, 15) is 0 Å². The average molecular weight is 314 g/mol. The molecule has 106 valence electrons. The van der Waals surface area contributed by atoms with Crippen LogP contribution in [0.25, 0.3) is 11.4 Å². The van der Waals surface area contributed by atoms with E-state index in [-0.39, 0.29) is 6.04 Å². The van der Waals surface area contributed by atoms with Crippen LogP contribution in [0.15, 0.2) is 22.7 Å². The number of aromatic nitrogens is 2. The molecule has 1 atom stereocenters. The van der Waals surface area contributed by atoms with Crippen molar-refractivity contribution in [1.29, 1.82) is 0 Å². The number of rotatable bonds is 3. The molecule has 0 aliphatic carbocycles. The van der Waals surface area contributed by atoms with E-state index in [4.69, 9.17) is 32.5 Å². The Morgan fingerprint density at radius 2 is 2.05 bits per heavy atom. The number of benzene rings is 1. The fraction of sp³-hybridized carbons (Fsp3) is 0.385. The molecular weight excluding hydrogens is 301 g/mol. The van der Waals surface area contributed by atoms with Crippen LogP contribution in [-0.2, 0) is 11.2 Å². The van der Waals surface area contributed by atoms with Crippen LogP contribution in [0.1, 0.15) is 5.89 Å². The van der Waals surface area contributed by atoms with Gasteiger partial charge in [0.25, 0.3) is 0 Å². The van der Waals surface area contributed by atoms with Crippen LogP contribution >= 0.6 is 23.2 Å². The van der Waals surface area contributed by atoms with E-state index in [2.05, 4.69) is 15.5 Å². The number of hydrogen-bond donors (Lipinski definition) is 1. The summed E-state index contributed by atoms with van der Waals surface area (Å²) in [5.74, 6) is 1.06. The van der Waals surface area contributed by atoms with Gasteiger partial charge in [0.1, 0.15) is 0 Å². The van der Waals surface area contributed by atoms with E-state index >= 15 is 0 Å². The summed E-state index contributed by atoms with van der Waals surface area (Å²) in [5.41, 5.74) is 0.741. The molecule has 7 heteroatoms. The monoisotopic (exact) mass is 313 g/mol. The largest absolute Gasteiger partial charge is 0.378 e. The van der Waals surface area contributed by atoms with Crippen molar-refractivity contribution in [2.45, 2.75) is 12.5 Å². The van der Waals surface area contributed by atoms with Crippen LogP contribution < -0.4 is 5.32 Å². The van der Waals surface area contributed by atoms with Crippen molar-refractivity contribution < 1.29 is 9.26 Å². The second kappa shape index (κ2) is 6.10. The number of nitrogens with one attached hydrogen (secondary N) is 1. The Balaban J connectivity index is 1.75. The summed E-state index contributed by atoms with van der Waals surface area (Å²) in [5, 5.41) is 8.39. The summed E-state index contributed by atoms with van der Waals surface area (Å²) in [6.07, 6.45) is 0.640. The predicted octanol–water partition coefficient (Wildman–Crippen LogP) is 2.57. The lowest BCUT2D eigenvalue weighted by Crippen LogP contribution is -2.42. The van der Waals surface area contributed by atoms with Gasteiger partial charge >= 0.3 is 0 Å². The zero-order valence-electron chi connectivity index (χ0n) is 10.6. The van der Waals surface area contributed by atoms with Gasteiger partial charge in [0.05, 0.1) is 13.2 Å². The number of hydrogen-bond acceptors (Lipinski definition) is 5. The molecule has 0 amide bonds. The minimum Gasteiger partial charge on any atom is -0.378 e. The second-order valence-corrected chi connectivity index (χ2v) is 5.47. The summed E-state index contributed by atoms with van der Waals surface area (Å²) < 4.78 is 10.6. The SMILES string of the molecule is Clc1cc(Cl)cc(-c2noc(CC3COCCN3)n2)c1. The van der Waals surface area contributed by atoms with Gasteiger partial charge < -0.3 is 14.6 Å². The zero-order valence-corrected chi connectivity index (χ0v) is 12.1. The molecule has 1 unspecified atom stereocenters. The minimum absolute atomic E-state index is 0.208. The van der Waals surface area contributed by atoms with Gasteiger partial charge in [0, 0.05) is 34.6 Å². The predicted molar refractivity (Wildman–Crippen MR) is 76.1 cm³/mol. The van der Waals surface area contributed by atoms with E-state index < -0.39 is 0 Å². The lowest BCUT2D eigenvalue weighted by atomic mass is 10.2. The molecule has 1 aliphatic heterocycles. The number of morpholine rings is 1. The Morgan fingerprint density at radius 1 is 1.25 bits per heavy atom. The van der Waals surface area contributed by atoms with Gasteiger partial charge in [-0.15, -0.1) is 0 Å². The lowest BCUT2D eigenvalue weighted by Gasteiger charge is -2.22. The molecule has 0 saturated carbocycles. The molecule has 1 aliphatic rings. The summed E-state index contributed by atoms with van der Waals surface area (Å²) in [7, 11) is 0. The topological polar surface area (TPSA) is 60.2 Å². The van der Waals surface area contributed by atoms with Gasteiger partial charge in [0.15, 0.2) is 0 Å². The van der Waals surface area contributed by atoms with Crippen molar-refractivity contribution in [3.8, 4) is 11.4 Å². The third kappa shape index (κ3) is 3.30. The Morgan fingerprint density at radius 3 is 2.75 bits per heavy atom. The van der Waals surface area contributed by atoms with Gasteiger partial charge in [-0.1, -0.05) is 28.4 Å². The van der Waals surface area contributed by atoms with Gasteiger partial charge in [-0.05, 0) is 18.2 Å². The Labute approximate surface area is 126 Å². The Hall–Kier alpha value is -1.14. The molecule has 3 rings (SSSR count). The van der Waals surface area contributed by atoms with Gasteiger partial charge in [-0.2, -0.15) is 4.98 Å².